The number of allylic oxidation sites excluding steroid dienone is 2. The van der Waals surface area contributed by atoms with Gasteiger partial charge in [-0.2, -0.15) is 0 Å². The average Bonchev–Trinajstić information content (AvgIpc) is 2.49. The van der Waals surface area contributed by atoms with Crippen molar-refractivity contribution in [3.63, 3.8) is 0 Å². The SMILES string of the molecule is C1CCCCC1.CC(C)=CCCC(O)C1CCC(C)CC1O. The fourth-order valence-corrected chi connectivity index (χ4v) is 3.64. The molecule has 0 aromatic heterocycles. The second kappa shape index (κ2) is 11.2. The van der Waals surface area contributed by atoms with Crippen molar-refractivity contribution in [2.75, 3.05) is 0 Å². The highest BCUT2D eigenvalue weighted by Gasteiger charge is 2.31. The van der Waals surface area contributed by atoms with Crippen LogP contribution in [-0.4, -0.2) is 22.4 Å². The van der Waals surface area contributed by atoms with Gasteiger partial charge in [-0.05, 0) is 45.4 Å². The van der Waals surface area contributed by atoms with E-state index in [9.17, 15) is 10.2 Å². The summed E-state index contributed by atoms with van der Waals surface area (Å²) in [5, 5.41) is 20.0. The molecule has 2 aliphatic carbocycles. The monoisotopic (exact) mass is 310 g/mol. The van der Waals surface area contributed by atoms with Gasteiger partial charge in [-0.15, -0.1) is 0 Å². The van der Waals surface area contributed by atoms with Crippen LogP contribution in [0.2, 0.25) is 0 Å². The number of rotatable bonds is 4. The van der Waals surface area contributed by atoms with Crippen molar-refractivity contribution in [1.82, 2.24) is 0 Å². The van der Waals surface area contributed by atoms with Crippen molar-refractivity contribution in [1.29, 1.82) is 0 Å². The molecule has 2 heteroatoms. The summed E-state index contributed by atoms with van der Waals surface area (Å²) in [6.07, 6.45) is 15.2. The third-order valence-electron chi connectivity index (χ3n) is 5.14. The molecule has 130 valence electrons. The van der Waals surface area contributed by atoms with E-state index in [2.05, 4.69) is 26.8 Å². The van der Waals surface area contributed by atoms with E-state index in [4.69, 9.17) is 0 Å². The summed E-state index contributed by atoms with van der Waals surface area (Å²) in [5.74, 6) is 0.706. The Morgan fingerprint density at radius 2 is 1.59 bits per heavy atom. The van der Waals surface area contributed by atoms with Crippen molar-refractivity contribution in [2.45, 2.75) is 104 Å². The molecule has 22 heavy (non-hydrogen) atoms. The molecular weight excluding hydrogens is 272 g/mol. The van der Waals surface area contributed by atoms with Crippen LogP contribution in [0.15, 0.2) is 11.6 Å². The smallest absolute Gasteiger partial charge is 0.0596 e. The third-order valence-corrected chi connectivity index (χ3v) is 5.14. The first kappa shape index (κ1) is 19.7. The molecule has 0 aromatic rings. The summed E-state index contributed by atoms with van der Waals surface area (Å²) in [6, 6.07) is 0. The van der Waals surface area contributed by atoms with E-state index < -0.39 is 0 Å². The zero-order valence-electron chi connectivity index (χ0n) is 15.1. The summed E-state index contributed by atoms with van der Waals surface area (Å²) in [7, 11) is 0. The molecule has 2 nitrogen and oxygen atoms in total. The topological polar surface area (TPSA) is 40.5 Å². The van der Waals surface area contributed by atoms with Gasteiger partial charge < -0.3 is 10.2 Å². The van der Waals surface area contributed by atoms with E-state index >= 15 is 0 Å². The lowest BCUT2D eigenvalue weighted by atomic mass is 9.77. The molecule has 2 rings (SSSR count). The van der Waals surface area contributed by atoms with E-state index in [0.717, 1.165) is 32.1 Å². The molecule has 0 radical (unpaired) electrons. The number of hydrogen-bond donors (Lipinski definition) is 2. The minimum atomic E-state index is -0.335. The maximum absolute atomic E-state index is 10.1. The van der Waals surface area contributed by atoms with Crippen LogP contribution in [0.3, 0.4) is 0 Å². The Morgan fingerprint density at radius 3 is 2.05 bits per heavy atom. The Hall–Kier alpha value is -0.340. The molecule has 2 fully saturated rings. The molecule has 0 aromatic carbocycles. The predicted octanol–water partition coefficient (Wildman–Crippen LogP) is 5.23. The molecule has 4 atom stereocenters. The van der Waals surface area contributed by atoms with E-state index in [1.807, 2.05) is 0 Å². The van der Waals surface area contributed by atoms with Gasteiger partial charge in [-0.3, -0.25) is 0 Å². The molecule has 2 aliphatic rings. The van der Waals surface area contributed by atoms with Crippen LogP contribution < -0.4 is 0 Å². The van der Waals surface area contributed by atoms with Gasteiger partial charge in [0.25, 0.3) is 0 Å². The molecule has 0 saturated heterocycles. The minimum absolute atomic E-state index is 0.0989. The Kier molecular flexibility index (Phi) is 10.1. The molecule has 0 amide bonds. The standard InChI is InChI=1S/C14H26O2.C6H12/c1-10(2)5-4-6-13(15)12-8-7-11(3)9-14(12)16;1-2-4-6-5-3-1/h5,11-16H,4,6-9H2,1-3H3;1-6H2. The second-order valence-corrected chi connectivity index (χ2v) is 7.70. The minimum Gasteiger partial charge on any atom is -0.393 e. The van der Waals surface area contributed by atoms with Gasteiger partial charge in [0.15, 0.2) is 0 Å². The Labute approximate surface area is 138 Å². The first-order valence-corrected chi connectivity index (χ1v) is 9.50. The van der Waals surface area contributed by atoms with Crippen LogP contribution in [0.4, 0.5) is 0 Å². The van der Waals surface area contributed by atoms with Crippen LogP contribution in [-0.2, 0) is 0 Å². The van der Waals surface area contributed by atoms with E-state index in [-0.39, 0.29) is 18.1 Å². The summed E-state index contributed by atoms with van der Waals surface area (Å²) in [6.45, 7) is 6.32. The van der Waals surface area contributed by atoms with Crippen molar-refractivity contribution >= 4 is 0 Å². The van der Waals surface area contributed by atoms with Gasteiger partial charge in [-0.25, -0.2) is 0 Å². The van der Waals surface area contributed by atoms with E-state index in [0.29, 0.717) is 5.92 Å². The van der Waals surface area contributed by atoms with E-state index in [1.54, 1.807) is 0 Å². The highest BCUT2D eigenvalue weighted by atomic mass is 16.3. The quantitative estimate of drug-likeness (QED) is 0.698. The number of aliphatic hydroxyl groups is 2. The normalized spacial score (nSPS) is 30.0. The average molecular weight is 311 g/mol. The molecule has 0 spiro atoms. The summed E-state index contributed by atoms with van der Waals surface area (Å²) >= 11 is 0. The van der Waals surface area contributed by atoms with E-state index in [1.165, 1.54) is 44.1 Å². The molecule has 0 bridgehead atoms. The number of aliphatic hydroxyl groups excluding tert-OH is 2. The Balaban J connectivity index is 0.000000335. The zero-order valence-corrected chi connectivity index (χ0v) is 15.1. The van der Waals surface area contributed by atoms with Gasteiger partial charge >= 0.3 is 0 Å². The molecule has 0 aliphatic heterocycles. The molecule has 2 N–H and O–H groups in total. The van der Waals surface area contributed by atoms with Crippen LogP contribution in [0.5, 0.6) is 0 Å². The van der Waals surface area contributed by atoms with Crippen molar-refractivity contribution < 1.29 is 10.2 Å². The van der Waals surface area contributed by atoms with Crippen LogP contribution >= 0.6 is 0 Å². The molecule has 0 heterocycles. The van der Waals surface area contributed by atoms with Crippen molar-refractivity contribution in [3.8, 4) is 0 Å². The largest absolute Gasteiger partial charge is 0.393 e. The van der Waals surface area contributed by atoms with Crippen molar-refractivity contribution in [2.24, 2.45) is 11.8 Å². The first-order valence-electron chi connectivity index (χ1n) is 9.50. The van der Waals surface area contributed by atoms with Crippen LogP contribution in [0, 0.1) is 11.8 Å². The lowest BCUT2D eigenvalue weighted by Crippen LogP contribution is -2.36. The van der Waals surface area contributed by atoms with Gasteiger partial charge in [0.05, 0.1) is 12.2 Å². The van der Waals surface area contributed by atoms with Gasteiger partial charge in [0.2, 0.25) is 0 Å². The summed E-state index contributed by atoms with van der Waals surface area (Å²) < 4.78 is 0. The fraction of sp³-hybridized carbons (Fsp3) is 0.900. The van der Waals surface area contributed by atoms with Gasteiger partial charge in [0.1, 0.15) is 0 Å². The lowest BCUT2D eigenvalue weighted by molar-refractivity contribution is -0.0269. The van der Waals surface area contributed by atoms with Crippen molar-refractivity contribution in [3.05, 3.63) is 11.6 Å². The first-order chi connectivity index (χ1) is 10.5. The highest BCUT2D eigenvalue weighted by molar-refractivity contribution is 4.93. The van der Waals surface area contributed by atoms with Gasteiger partial charge in [-0.1, -0.05) is 63.5 Å². The molecule has 2 saturated carbocycles. The Morgan fingerprint density at radius 1 is 1.05 bits per heavy atom. The molecular formula is C20H38O2. The van der Waals surface area contributed by atoms with Crippen LogP contribution in [0.25, 0.3) is 0 Å². The number of hydrogen-bond acceptors (Lipinski definition) is 2. The highest BCUT2D eigenvalue weighted by Crippen LogP contribution is 2.32. The maximum atomic E-state index is 10.1. The third kappa shape index (κ3) is 8.33. The summed E-state index contributed by atoms with van der Waals surface area (Å²) in [5.41, 5.74) is 1.30. The Bertz CT molecular complexity index is 291. The maximum Gasteiger partial charge on any atom is 0.0596 e. The zero-order chi connectivity index (χ0) is 16.4. The van der Waals surface area contributed by atoms with Gasteiger partial charge in [0, 0.05) is 5.92 Å². The lowest BCUT2D eigenvalue weighted by Gasteiger charge is -2.34. The van der Waals surface area contributed by atoms with Crippen LogP contribution in [0.1, 0.15) is 91.4 Å². The second-order valence-electron chi connectivity index (χ2n) is 7.70. The summed E-state index contributed by atoms with van der Waals surface area (Å²) in [4.78, 5) is 0. The fourth-order valence-electron chi connectivity index (χ4n) is 3.64. The predicted molar refractivity (Wildman–Crippen MR) is 94.9 cm³/mol. The molecule has 4 unspecified atom stereocenters.